The molecule has 2 aromatic rings. The van der Waals surface area contributed by atoms with Gasteiger partial charge in [0.15, 0.2) is 0 Å². The number of nitrogens with zero attached hydrogens (tertiary/aromatic N) is 2. The number of halogens is 2. The highest BCUT2D eigenvalue weighted by molar-refractivity contribution is 9.10. The largest absolute Gasteiger partial charge is 0.369 e. The van der Waals surface area contributed by atoms with Crippen molar-refractivity contribution in [3.63, 3.8) is 0 Å². The van der Waals surface area contributed by atoms with Gasteiger partial charge in [-0.25, -0.2) is 9.97 Å². The van der Waals surface area contributed by atoms with Crippen LogP contribution >= 0.6 is 27.5 Å². The second kappa shape index (κ2) is 7.38. The first kappa shape index (κ1) is 15.7. The molecule has 7 heteroatoms. The first-order valence-corrected chi connectivity index (χ1v) is 7.59. The zero-order valence-electron chi connectivity index (χ0n) is 11.4. The molecule has 0 aliphatic heterocycles. The Morgan fingerprint density at radius 2 is 2.14 bits per heavy atom. The van der Waals surface area contributed by atoms with Crippen molar-refractivity contribution in [3.05, 3.63) is 45.8 Å². The smallest absolute Gasteiger partial charge is 0.275 e. The van der Waals surface area contributed by atoms with Crippen molar-refractivity contribution < 1.29 is 4.79 Å². The van der Waals surface area contributed by atoms with Gasteiger partial charge < -0.3 is 10.6 Å². The lowest BCUT2D eigenvalue weighted by Gasteiger charge is -2.08. The molecule has 0 fully saturated rings. The van der Waals surface area contributed by atoms with Gasteiger partial charge in [-0.05, 0) is 40.5 Å². The SMILES string of the molecule is CCCNc1cnc(C(=O)Nc2ccc(Cl)cc2Br)cn1. The number of carbonyl (C=O) groups is 1. The number of nitrogens with one attached hydrogen (secondary N) is 2. The number of aromatic nitrogens is 2. The van der Waals surface area contributed by atoms with Crippen LogP contribution in [-0.4, -0.2) is 22.4 Å². The molecule has 1 amide bonds. The highest BCUT2D eigenvalue weighted by Gasteiger charge is 2.10. The number of benzene rings is 1. The number of hydrogen-bond donors (Lipinski definition) is 2. The minimum absolute atomic E-state index is 0.249. The van der Waals surface area contributed by atoms with Gasteiger partial charge in [-0.2, -0.15) is 0 Å². The third-order valence-electron chi connectivity index (χ3n) is 2.62. The average Bonchev–Trinajstić information content (AvgIpc) is 2.48. The molecule has 0 saturated carbocycles. The Balaban J connectivity index is 2.06. The topological polar surface area (TPSA) is 66.9 Å². The minimum atomic E-state index is -0.326. The van der Waals surface area contributed by atoms with Crippen LogP contribution in [0.15, 0.2) is 35.1 Å². The summed E-state index contributed by atoms with van der Waals surface area (Å²) in [6.45, 7) is 2.88. The highest BCUT2D eigenvalue weighted by Crippen LogP contribution is 2.26. The van der Waals surface area contributed by atoms with Gasteiger partial charge in [-0.3, -0.25) is 4.79 Å². The molecule has 0 saturated heterocycles. The molecule has 0 spiro atoms. The Bertz CT molecular complexity index is 633. The van der Waals surface area contributed by atoms with Crippen molar-refractivity contribution in [1.82, 2.24) is 9.97 Å². The van der Waals surface area contributed by atoms with Crippen LogP contribution in [-0.2, 0) is 0 Å². The van der Waals surface area contributed by atoms with Gasteiger partial charge in [-0.1, -0.05) is 18.5 Å². The third kappa shape index (κ3) is 4.41. The van der Waals surface area contributed by atoms with Crippen LogP contribution in [0.25, 0.3) is 0 Å². The molecule has 1 aromatic carbocycles. The predicted molar refractivity (Wildman–Crippen MR) is 87.9 cm³/mol. The molecule has 110 valence electrons. The van der Waals surface area contributed by atoms with Crippen molar-refractivity contribution in [3.8, 4) is 0 Å². The predicted octanol–water partition coefficient (Wildman–Crippen LogP) is 3.97. The maximum absolute atomic E-state index is 12.1. The molecule has 1 aromatic heterocycles. The number of rotatable bonds is 5. The molecule has 0 aliphatic carbocycles. The van der Waals surface area contributed by atoms with Crippen LogP contribution in [0, 0.1) is 0 Å². The fourth-order valence-corrected chi connectivity index (χ4v) is 2.35. The summed E-state index contributed by atoms with van der Waals surface area (Å²) in [5, 5.41) is 6.44. The summed E-state index contributed by atoms with van der Waals surface area (Å²) in [6, 6.07) is 5.13. The summed E-state index contributed by atoms with van der Waals surface area (Å²) >= 11 is 9.20. The molecule has 0 bridgehead atoms. The zero-order chi connectivity index (χ0) is 15.2. The first-order valence-electron chi connectivity index (χ1n) is 6.42. The quantitative estimate of drug-likeness (QED) is 0.837. The van der Waals surface area contributed by atoms with Gasteiger partial charge in [0.25, 0.3) is 5.91 Å². The van der Waals surface area contributed by atoms with Crippen LogP contribution < -0.4 is 10.6 Å². The minimum Gasteiger partial charge on any atom is -0.369 e. The van der Waals surface area contributed by atoms with Crippen molar-refractivity contribution in [1.29, 1.82) is 0 Å². The average molecular weight is 370 g/mol. The fourth-order valence-electron chi connectivity index (χ4n) is 1.57. The third-order valence-corrected chi connectivity index (χ3v) is 3.51. The van der Waals surface area contributed by atoms with E-state index in [9.17, 15) is 4.79 Å². The van der Waals surface area contributed by atoms with Crippen LogP contribution in [0.5, 0.6) is 0 Å². The van der Waals surface area contributed by atoms with Gasteiger partial charge in [0.1, 0.15) is 11.5 Å². The molecule has 2 N–H and O–H groups in total. The number of amides is 1. The summed E-state index contributed by atoms with van der Waals surface area (Å²) in [4.78, 5) is 20.3. The Morgan fingerprint density at radius 1 is 1.33 bits per heavy atom. The summed E-state index contributed by atoms with van der Waals surface area (Å²) in [5.74, 6) is 0.327. The van der Waals surface area contributed by atoms with E-state index in [0.29, 0.717) is 21.0 Å². The maximum Gasteiger partial charge on any atom is 0.275 e. The van der Waals surface area contributed by atoms with Crippen molar-refractivity contribution in [2.45, 2.75) is 13.3 Å². The van der Waals surface area contributed by atoms with Gasteiger partial charge in [-0.15, -0.1) is 0 Å². The van der Waals surface area contributed by atoms with E-state index in [0.717, 1.165) is 13.0 Å². The summed E-state index contributed by atoms with van der Waals surface area (Å²) in [7, 11) is 0. The van der Waals surface area contributed by atoms with Gasteiger partial charge >= 0.3 is 0 Å². The number of anilines is 2. The number of hydrogen-bond acceptors (Lipinski definition) is 4. The summed E-state index contributed by atoms with van der Waals surface area (Å²) in [6.07, 6.45) is 3.98. The highest BCUT2D eigenvalue weighted by atomic mass is 79.9. The monoisotopic (exact) mass is 368 g/mol. The van der Waals surface area contributed by atoms with Crippen molar-refractivity contribution >= 4 is 44.9 Å². The van der Waals surface area contributed by atoms with Crippen LogP contribution in [0.3, 0.4) is 0 Å². The summed E-state index contributed by atoms with van der Waals surface area (Å²) in [5.41, 5.74) is 0.873. The fraction of sp³-hybridized carbons (Fsp3) is 0.214. The Hall–Kier alpha value is -1.66. The maximum atomic E-state index is 12.1. The molecule has 21 heavy (non-hydrogen) atoms. The Labute approximate surface area is 136 Å². The summed E-state index contributed by atoms with van der Waals surface area (Å²) < 4.78 is 0.706. The molecule has 0 atom stereocenters. The normalized spacial score (nSPS) is 10.2. The molecule has 2 rings (SSSR count). The van der Waals surface area contributed by atoms with Gasteiger partial charge in [0, 0.05) is 16.0 Å². The van der Waals surface area contributed by atoms with E-state index in [1.54, 1.807) is 24.4 Å². The Morgan fingerprint density at radius 3 is 2.76 bits per heavy atom. The van der Waals surface area contributed by atoms with E-state index in [2.05, 4.69) is 43.5 Å². The molecule has 0 radical (unpaired) electrons. The standard InChI is InChI=1S/C14H14BrClN4O/c1-2-5-17-13-8-18-12(7-19-13)14(21)20-11-4-3-9(16)6-10(11)15/h3-4,6-8H,2,5H2,1H3,(H,17,19)(H,20,21). The molecule has 0 unspecified atom stereocenters. The van der Waals surface area contributed by atoms with Gasteiger partial charge in [0.2, 0.25) is 0 Å². The Kier molecular flexibility index (Phi) is 5.52. The van der Waals surface area contributed by atoms with E-state index in [-0.39, 0.29) is 11.6 Å². The molecular weight excluding hydrogens is 356 g/mol. The van der Waals surface area contributed by atoms with E-state index >= 15 is 0 Å². The lowest BCUT2D eigenvalue weighted by Crippen LogP contribution is -2.15. The van der Waals surface area contributed by atoms with Crippen LogP contribution in [0.2, 0.25) is 5.02 Å². The molecule has 1 heterocycles. The van der Waals surface area contributed by atoms with E-state index in [1.807, 2.05) is 0 Å². The van der Waals surface area contributed by atoms with E-state index < -0.39 is 0 Å². The van der Waals surface area contributed by atoms with Crippen molar-refractivity contribution in [2.24, 2.45) is 0 Å². The lowest BCUT2D eigenvalue weighted by molar-refractivity contribution is 0.102. The zero-order valence-corrected chi connectivity index (χ0v) is 13.7. The molecular formula is C14H14BrClN4O. The van der Waals surface area contributed by atoms with Gasteiger partial charge in [0.05, 0.1) is 18.1 Å². The lowest BCUT2D eigenvalue weighted by atomic mass is 10.3. The second-order valence-electron chi connectivity index (χ2n) is 4.29. The molecule has 0 aliphatic rings. The number of carbonyl (C=O) groups excluding carboxylic acids is 1. The van der Waals surface area contributed by atoms with Crippen LogP contribution in [0.4, 0.5) is 11.5 Å². The van der Waals surface area contributed by atoms with Crippen LogP contribution in [0.1, 0.15) is 23.8 Å². The molecule has 5 nitrogen and oxygen atoms in total. The second-order valence-corrected chi connectivity index (χ2v) is 5.58. The van der Waals surface area contributed by atoms with Crippen molar-refractivity contribution in [2.75, 3.05) is 17.2 Å². The van der Waals surface area contributed by atoms with E-state index in [4.69, 9.17) is 11.6 Å². The first-order chi connectivity index (χ1) is 10.1. The van der Waals surface area contributed by atoms with E-state index in [1.165, 1.54) is 6.20 Å².